The number of alkyl halides is 1. The van der Waals surface area contributed by atoms with Crippen LogP contribution in [0.5, 0.6) is 5.75 Å². The van der Waals surface area contributed by atoms with Crippen molar-refractivity contribution in [1.82, 2.24) is 0 Å². The molecule has 1 rings (SSSR count). The van der Waals surface area contributed by atoms with E-state index in [1.165, 1.54) is 6.07 Å². The van der Waals surface area contributed by atoms with E-state index in [1.54, 1.807) is 0 Å². The van der Waals surface area contributed by atoms with Gasteiger partial charge in [0.1, 0.15) is 6.67 Å². The molecule has 0 bridgehead atoms. The lowest BCUT2D eigenvalue weighted by Gasteiger charge is -2.07. The summed E-state index contributed by atoms with van der Waals surface area (Å²) in [5, 5.41) is 8.79. The Morgan fingerprint density at radius 2 is 2.17 bits per heavy atom. The molecule has 66 valence electrons. The monoisotopic (exact) mass is 173 g/mol. The number of aromatic hydroxyl groups is 1. The minimum absolute atomic E-state index is 0.341. The van der Waals surface area contributed by atoms with Crippen molar-refractivity contribution < 1.29 is 13.9 Å². The third kappa shape index (κ3) is 1.71. The van der Waals surface area contributed by atoms with Gasteiger partial charge in [-0.05, 0) is 17.7 Å². The van der Waals surface area contributed by atoms with Crippen LogP contribution in [0.4, 0.5) is 8.78 Å². The highest BCUT2D eigenvalue weighted by Gasteiger charge is 2.07. The predicted octanol–water partition coefficient (Wildman–Crippen LogP) is 1.50. The fraction of sp³-hybridized carbons (Fsp3) is 0.250. The highest BCUT2D eigenvalue weighted by atomic mass is 19.1. The quantitative estimate of drug-likeness (QED) is 0.711. The van der Waals surface area contributed by atoms with E-state index >= 15 is 0 Å². The molecule has 1 unspecified atom stereocenters. The molecule has 0 saturated carbocycles. The van der Waals surface area contributed by atoms with Crippen LogP contribution >= 0.6 is 0 Å². The van der Waals surface area contributed by atoms with Crippen LogP contribution in [0.25, 0.3) is 0 Å². The molecule has 0 radical (unpaired) electrons. The molecule has 0 saturated heterocycles. The number of rotatable bonds is 2. The Bertz CT molecular complexity index is 278. The summed E-state index contributed by atoms with van der Waals surface area (Å²) in [6.07, 6.45) is 0. The predicted molar refractivity (Wildman–Crippen MR) is 41.0 cm³/mol. The Labute approximate surface area is 68.6 Å². The van der Waals surface area contributed by atoms with E-state index in [1.807, 2.05) is 0 Å². The maximum Gasteiger partial charge on any atom is 0.165 e. The van der Waals surface area contributed by atoms with E-state index in [0.29, 0.717) is 5.56 Å². The average molecular weight is 173 g/mol. The summed E-state index contributed by atoms with van der Waals surface area (Å²) in [6.45, 7) is -0.746. The molecule has 0 aliphatic carbocycles. The van der Waals surface area contributed by atoms with Gasteiger partial charge in [-0.2, -0.15) is 0 Å². The van der Waals surface area contributed by atoms with Gasteiger partial charge in [-0.3, -0.25) is 0 Å². The number of phenolic OH excluding ortho intramolecular Hbond substituents is 1. The molecule has 1 aromatic carbocycles. The van der Waals surface area contributed by atoms with Crippen LogP contribution in [-0.4, -0.2) is 11.8 Å². The van der Waals surface area contributed by atoms with Gasteiger partial charge in [0, 0.05) is 0 Å². The summed E-state index contributed by atoms with van der Waals surface area (Å²) in [6, 6.07) is 2.75. The first-order chi connectivity index (χ1) is 5.65. The number of halogens is 2. The molecule has 0 aromatic heterocycles. The average Bonchev–Trinajstić information content (AvgIpc) is 2.08. The van der Waals surface area contributed by atoms with E-state index in [-0.39, 0.29) is 0 Å². The number of phenols is 1. The Balaban J connectivity index is 2.96. The Hall–Kier alpha value is -1.16. The Kier molecular flexibility index (Phi) is 2.60. The third-order valence-corrected chi connectivity index (χ3v) is 1.57. The molecule has 2 nitrogen and oxygen atoms in total. The van der Waals surface area contributed by atoms with Gasteiger partial charge >= 0.3 is 0 Å². The second-order valence-corrected chi connectivity index (χ2v) is 2.47. The first-order valence-electron chi connectivity index (χ1n) is 3.45. The van der Waals surface area contributed by atoms with Crippen molar-refractivity contribution in [3.05, 3.63) is 29.6 Å². The van der Waals surface area contributed by atoms with Gasteiger partial charge in [-0.1, -0.05) is 6.07 Å². The minimum atomic E-state index is -0.819. The largest absolute Gasteiger partial charge is 0.505 e. The lowest BCUT2D eigenvalue weighted by Crippen LogP contribution is -2.12. The first kappa shape index (κ1) is 8.93. The normalized spacial score (nSPS) is 12.9. The first-order valence-corrected chi connectivity index (χ1v) is 3.45. The van der Waals surface area contributed by atoms with Crippen molar-refractivity contribution in [2.45, 2.75) is 6.04 Å². The van der Waals surface area contributed by atoms with E-state index in [2.05, 4.69) is 0 Å². The number of hydrogen-bond donors (Lipinski definition) is 2. The molecule has 0 amide bonds. The van der Waals surface area contributed by atoms with Crippen LogP contribution in [-0.2, 0) is 0 Å². The van der Waals surface area contributed by atoms with Gasteiger partial charge in [0.15, 0.2) is 11.6 Å². The summed E-state index contributed by atoms with van der Waals surface area (Å²) < 4.78 is 24.6. The van der Waals surface area contributed by atoms with Crippen molar-refractivity contribution in [2.75, 3.05) is 6.67 Å². The summed E-state index contributed by atoms with van der Waals surface area (Å²) in [4.78, 5) is 0. The zero-order valence-corrected chi connectivity index (χ0v) is 6.30. The van der Waals surface area contributed by atoms with Crippen molar-refractivity contribution in [3.8, 4) is 5.75 Å². The highest BCUT2D eigenvalue weighted by molar-refractivity contribution is 5.29. The number of nitrogens with two attached hydrogens (primary N) is 1. The summed E-state index contributed by atoms with van der Waals surface area (Å²) in [5.41, 5.74) is 5.63. The van der Waals surface area contributed by atoms with Crippen LogP contribution in [0.2, 0.25) is 0 Å². The van der Waals surface area contributed by atoms with Crippen LogP contribution in [0.15, 0.2) is 18.2 Å². The summed E-state index contributed by atoms with van der Waals surface area (Å²) in [5.74, 6) is -1.23. The van der Waals surface area contributed by atoms with Gasteiger partial charge < -0.3 is 10.8 Å². The van der Waals surface area contributed by atoms with Gasteiger partial charge in [-0.25, -0.2) is 8.78 Å². The lowest BCUT2D eigenvalue weighted by molar-refractivity contribution is 0.422. The summed E-state index contributed by atoms with van der Waals surface area (Å²) >= 11 is 0. The van der Waals surface area contributed by atoms with E-state index in [4.69, 9.17) is 10.8 Å². The smallest absolute Gasteiger partial charge is 0.165 e. The maximum atomic E-state index is 12.6. The van der Waals surface area contributed by atoms with Crippen LogP contribution in [0, 0.1) is 5.82 Å². The number of hydrogen-bond acceptors (Lipinski definition) is 2. The molecule has 12 heavy (non-hydrogen) atoms. The molecule has 4 heteroatoms. The molecule has 1 aromatic rings. The van der Waals surface area contributed by atoms with Gasteiger partial charge in [0.05, 0.1) is 6.04 Å². The van der Waals surface area contributed by atoms with Crippen LogP contribution in [0.3, 0.4) is 0 Å². The van der Waals surface area contributed by atoms with Crippen molar-refractivity contribution in [1.29, 1.82) is 0 Å². The van der Waals surface area contributed by atoms with Crippen molar-refractivity contribution in [2.24, 2.45) is 5.73 Å². The fourth-order valence-corrected chi connectivity index (χ4v) is 0.843. The molecular formula is C8H9F2NO. The van der Waals surface area contributed by atoms with E-state index in [9.17, 15) is 8.78 Å². The van der Waals surface area contributed by atoms with Crippen LogP contribution in [0.1, 0.15) is 11.6 Å². The molecule has 1 atom stereocenters. The second kappa shape index (κ2) is 3.49. The Morgan fingerprint density at radius 3 is 2.67 bits per heavy atom. The second-order valence-electron chi connectivity index (χ2n) is 2.47. The molecule has 3 N–H and O–H groups in total. The maximum absolute atomic E-state index is 12.6. The van der Waals surface area contributed by atoms with E-state index in [0.717, 1.165) is 12.1 Å². The fourth-order valence-electron chi connectivity index (χ4n) is 0.843. The Morgan fingerprint density at radius 1 is 1.50 bits per heavy atom. The lowest BCUT2D eigenvalue weighted by atomic mass is 10.1. The standard InChI is InChI=1S/C8H9F2NO/c9-4-7(11)5-1-2-8(12)6(10)3-5/h1-3,7,12H,4,11H2. The van der Waals surface area contributed by atoms with E-state index < -0.39 is 24.3 Å². The third-order valence-electron chi connectivity index (χ3n) is 1.57. The van der Waals surface area contributed by atoms with Gasteiger partial charge in [0.2, 0.25) is 0 Å². The molecule has 0 heterocycles. The zero-order valence-electron chi connectivity index (χ0n) is 6.30. The molecule has 0 aliphatic heterocycles. The zero-order chi connectivity index (χ0) is 9.14. The van der Waals surface area contributed by atoms with Crippen molar-refractivity contribution in [3.63, 3.8) is 0 Å². The highest BCUT2D eigenvalue weighted by Crippen LogP contribution is 2.19. The topological polar surface area (TPSA) is 46.2 Å². The number of benzene rings is 1. The summed E-state index contributed by atoms with van der Waals surface area (Å²) in [7, 11) is 0. The molecule has 0 fully saturated rings. The SMILES string of the molecule is NC(CF)c1ccc(O)c(F)c1. The molecular weight excluding hydrogens is 164 g/mol. The molecule has 0 spiro atoms. The minimum Gasteiger partial charge on any atom is -0.505 e. The molecule has 0 aliphatic rings. The van der Waals surface area contributed by atoms with Crippen LogP contribution < -0.4 is 5.73 Å². The van der Waals surface area contributed by atoms with Gasteiger partial charge in [0.25, 0.3) is 0 Å². The van der Waals surface area contributed by atoms with Crippen molar-refractivity contribution >= 4 is 0 Å². The van der Waals surface area contributed by atoms with Gasteiger partial charge in [-0.15, -0.1) is 0 Å².